The highest BCUT2D eigenvalue weighted by Crippen LogP contribution is 2.19. The Balaban J connectivity index is 2.08. The summed E-state index contributed by atoms with van der Waals surface area (Å²) in [6.07, 6.45) is 7.18. The lowest BCUT2D eigenvalue weighted by molar-refractivity contribution is 0.176. The number of fused-ring (bicyclic) bond motifs is 1. The first-order valence-corrected chi connectivity index (χ1v) is 5.84. The number of rotatable bonds is 3. The zero-order valence-electron chi connectivity index (χ0n) is 9.61. The fourth-order valence-corrected chi connectivity index (χ4v) is 2.12. The van der Waals surface area contributed by atoms with E-state index >= 15 is 0 Å². The molecule has 1 aliphatic rings. The molecule has 0 saturated carbocycles. The van der Waals surface area contributed by atoms with Crippen molar-refractivity contribution in [2.75, 3.05) is 6.54 Å². The SMILES string of the molecule is CCCCN1Cc2nccnc2CC1C. The third-order valence-corrected chi connectivity index (χ3v) is 3.12. The van der Waals surface area contributed by atoms with Gasteiger partial charge in [0, 0.05) is 31.4 Å². The van der Waals surface area contributed by atoms with Gasteiger partial charge in [0.05, 0.1) is 11.4 Å². The van der Waals surface area contributed by atoms with Crippen molar-refractivity contribution < 1.29 is 0 Å². The maximum atomic E-state index is 4.41. The topological polar surface area (TPSA) is 29.0 Å². The van der Waals surface area contributed by atoms with E-state index in [0.717, 1.165) is 13.0 Å². The van der Waals surface area contributed by atoms with Crippen molar-refractivity contribution in [1.82, 2.24) is 14.9 Å². The highest BCUT2D eigenvalue weighted by atomic mass is 15.2. The van der Waals surface area contributed by atoms with Gasteiger partial charge in [0.15, 0.2) is 0 Å². The van der Waals surface area contributed by atoms with Gasteiger partial charge in [-0.05, 0) is 19.9 Å². The molecule has 1 atom stereocenters. The van der Waals surface area contributed by atoms with E-state index in [9.17, 15) is 0 Å². The maximum absolute atomic E-state index is 4.41. The first kappa shape index (κ1) is 10.6. The van der Waals surface area contributed by atoms with Crippen LogP contribution in [-0.4, -0.2) is 27.5 Å². The summed E-state index contributed by atoms with van der Waals surface area (Å²) in [4.78, 5) is 11.3. The molecule has 0 amide bonds. The molecule has 0 fully saturated rings. The molecular formula is C12H19N3. The van der Waals surface area contributed by atoms with Crippen molar-refractivity contribution in [3.63, 3.8) is 0 Å². The van der Waals surface area contributed by atoms with E-state index in [1.54, 1.807) is 12.4 Å². The molecular weight excluding hydrogens is 186 g/mol. The van der Waals surface area contributed by atoms with E-state index in [1.165, 1.54) is 30.8 Å². The van der Waals surface area contributed by atoms with E-state index in [4.69, 9.17) is 0 Å². The summed E-state index contributed by atoms with van der Waals surface area (Å²) < 4.78 is 0. The van der Waals surface area contributed by atoms with Crippen molar-refractivity contribution >= 4 is 0 Å². The van der Waals surface area contributed by atoms with Crippen LogP contribution in [0.25, 0.3) is 0 Å². The molecule has 2 heterocycles. The Hall–Kier alpha value is -0.960. The van der Waals surface area contributed by atoms with E-state index < -0.39 is 0 Å². The average molecular weight is 205 g/mol. The number of aromatic nitrogens is 2. The minimum Gasteiger partial charge on any atom is -0.294 e. The van der Waals surface area contributed by atoms with Crippen molar-refractivity contribution in [3.05, 3.63) is 23.8 Å². The lowest BCUT2D eigenvalue weighted by atomic mass is 10.0. The van der Waals surface area contributed by atoms with Crippen LogP contribution in [0.1, 0.15) is 38.1 Å². The summed E-state index contributed by atoms with van der Waals surface area (Å²) in [5, 5.41) is 0. The van der Waals surface area contributed by atoms with Gasteiger partial charge in [-0.3, -0.25) is 14.9 Å². The summed E-state index contributed by atoms with van der Waals surface area (Å²) in [7, 11) is 0. The maximum Gasteiger partial charge on any atom is 0.0759 e. The molecule has 0 saturated heterocycles. The van der Waals surface area contributed by atoms with Gasteiger partial charge in [0.25, 0.3) is 0 Å². The quantitative estimate of drug-likeness (QED) is 0.756. The van der Waals surface area contributed by atoms with Crippen LogP contribution in [0.15, 0.2) is 12.4 Å². The lowest BCUT2D eigenvalue weighted by Gasteiger charge is -2.33. The van der Waals surface area contributed by atoms with E-state index in [-0.39, 0.29) is 0 Å². The van der Waals surface area contributed by atoms with Crippen molar-refractivity contribution in [2.45, 2.75) is 45.7 Å². The predicted molar refractivity (Wildman–Crippen MR) is 60.5 cm³/mol. The molecule has 82 valence electrons. The summed E-state index contributed by atoms with van der Waals surface area (Å²) >= 11 is 0. The Morgan fingerprint density at radius 3 is 2.80 bits per heavy atom. The van der Waals surface area contributed by atoms with E-state index in [2.05, 4.69) is 28.7 Å². The molecule has 0 aliphatic carbocycles. The Kier molecular flexibility index (Phi) is 3.31. The Labute approximate surface area is 91.5 Å². The van der Waals surface area contributed by atoms with Crippen molar-refractivity contribution in [2.24, 2.45) is 0 Å². The van der Waals surface area contributed by atoms with Gasteiger partial charge in [0.2, 0.25) is 0 Å². The van der Waals surface area contributed by atoms with Crippen LogP contribution in [0.3, 0.4) is 0 Å². The Morgan fingerprint density at radius 2 is 2.07 bits per heavy atom. The fourth-order valence-electron chi connectivity index (χ4n) is 2.12. The lowest BCUT2D eigenvalue weighted by Crippen LogP contribution is -2.39. The highest BCUT2D eigenvalue weighted by molar-refractivity contribution is 5.15. The monoisotopic (exact) mass is 205 g/mol. The third-order valence-electron chi connectivity index (χ3n) is 3.12. The molecule has 0 spiro atoms. The Bertz CT molecular complexity index is 324. The smallest absolute Gasteiger partial charge is 0.0759 e. The second-order valence-electron chi connectivity index (χ2n) is 4.33. The molecule has 3 nitrogen and oxygen atoms in total. The zero-order chi connectivity index (χ0) is 10.7. The van der Waals surface area contributed by atoms with Gasteiger partial charge in [-0.1, -0.05) is 13.3 Å². The molecule has 1 aromatic rings. The van der Waals surface area contributed by atoms with Crippen LogP contribution >= 0.6 is 0 Å². The Morgan fingerprint density at radius 1 is 1.33 bits per heavy atom. The van der Waals surface area contributed by atoms with Crippen molar-refractivity contribution in [3.8, 4) is 0 Å². The normalized spacial score (nSPS) is 21.3. The first-order valence-electron chi connectivity index (χ1n) is 5.84. The van der Waals surface area contributed by atoms with Crippen LogP contribution in [-0.2, 0) is 13.0 Å². The van der Waals surface area contributed by atoms with Crippen LogP contribution in [0.2, 0.25) is 0 Å². The predicted octanol–water partition coefficient (Wildman–Crippen LogP) is 2.02. The number of nitrogens with zero attached hydrogens (tertiary/aromatic N) is 3. The molecule has 0 N–H and O–H groups in total. The van der Waals surface area contributed by atoms with E-state index in [0.29, 0.717) is 6.04 Å². The largest absolute Gasteiger partial charge is 0.294 e. The van der Waals surface area contributed by atoms with Gasteiger partial charge < -0.3 is 0 Å². The molecule has 1 aromatic heterocycles. The summed E-state index contributed by atoms with van der Waals surface area (Å²) in [6.45, 7) is 6.69. The summed E-state index contributed by atoms with van der Waals surface area (Å²) in [5.41, 5.74) is 2.37. The van der Waals surface area contributed by atoms with Crippen molar-refractivity contribution in [1.29, 1.82) is 0 Å². The second-order valence-corrected chi connectivity index (χ2v) is 4.33. The molecule has 1 aliphatic heterocycles. The molecule has 0 radical (unpaired) electrons. The molecule has 1 unspecified atom stereocenters. The number of hydrogen-bond donors (Lipinski definition) is 0. The minimum atomic E-state index is 0.612. The van der Waals surface area contributed by atoms with Gasteiger partial charge in [0.1, 0.15) is 0 Å². The average Bonchev–Trinajstić information content (AvgIpc) is 2.26. The number of hydrogen-bond acceptors (Lipinski definition) is 3. The van der Waals surface area contributed by atoms with Crippen LogP contribution in [0.5, 0.6) is 0 Å². The third kappa shape index (κ3) is 2.34. The summed E-state index contributed by atoms with van der Waals surface area (Å²) in [5.74, 6) is 0. The van der Waals surface area contributed by atoms with Crippen LogP contribution in [0, 0.1) is 0 Å². The first-order chi connectivity index (χ1) is 7.31. The fraction of sp³-hybridized carbons (Fsp3) is 0.667. The van der Waals surface area contributed by atoms with Gasteiger partial charge in [-0.15, -0.1) is 0 Å². The molecule has 15 heavy (non-hydrogen) atoms. The summed E-state index contributed by atoms with van der Waals surface area (Å²) in [6, 6.07) is 0.612. The molecule has 0 bridgehead atoms. The standard InChI is InChI=1S/C12H19N3/c1-3-4-7-15-9-12-11(8-10(15)2)13-5-6-14-12/h5-6,10H,3-4,7-9H2,1-2H3. The zero-order valence-corrected chi connectivity index (χ0v) is 9.61. The van der Waals surface area contributed by atoms with Gasteiger partial charge in [-0.2, -0.15) is 0 Å². The van der Waals surface area contributed by atoms with Gasteiger partial charge >= 0.3 is 0 Å². The molecule has 3 heteroatoms. The second kappa shape index (κ2) is 4.71. The minimum absolute atomic E-state index is 0.612. The molecule has 2 rings (SSSR count). The van der Waals surface area contributed by atoms with Crippen LogP contribution < -0.4 is 0 Å². The van der Waals surface area contributed by atoms with E-state index in [1.807, 2.05) is 0 Å². The molecule has 0 aromatic carbocycles. The van der Waals surface area contributed by atoms with Crippen LogP contribution in [0.4, 0.5) is 0 Å². The van der Waals surface area contributed by atoms with Gasteiger partial charge in [-0.25, -0.2) is 0 Å². The number of unbranched alkanes of at least 4 members (excludes halogenated alkanes) is 1. The highest BCUT2D eigenvalue weighted by Gasteiger charge is 2.23.